The number of nitrogens with one attached hydrogen (secondary N) is 2. The van der Waals surface area contributed by atoms with Crippen molar-refractivity contribution >= 4 is 5.69 Å². The fourth-order valence-corrected chi connectivity index (χ4v) is 5.06. The minimum Gasteiger partial charge on any atom is -0.496 e. The zero-order chi connectivity index (χ0) is 20.1. The molecule has 2 aromatic rings. The Balaban J connectivity index is 1.27. The number of hydrogen-bond acceptors (Lipinski definition) is 3. The maximum atomic E-state index is 5.56. The molecular weight excluding hydrogens is 362 g/mol. The molecule has 0 atom stereocenters. The number of benzene rings is 2. The van der Waals surface area contributed by atoms with E-state index in [9.17, 15) is 0 Å². The number of methoxy groups -OCH3 is 2. The van der Waals surface area contributed by atoms with Gasteiger partial charge in [0.15, 0.2) is 0 Å². The van der Waals surface area contributed by atoms with Crippen LogP contribution in [-0.2, 0) is 6.54 Å². The minimum atomic E-state index is 0.816. The number of piperidine rings is 1. The lowest BCUT2D eigenvalue weighted by molar-refractivity contribution is -0.963. The van der Waals surface area contributed by atoms with Crippen LogP contribution in [0, 0.1) is 0 Å². The van der Waals surface area contributed by atoms with E-state index in [1.54, 1.807) is 24.0 Å². The second kappa shape index (κ2) is 9.51. The average molecular weight is 398 g/mol. The van der Waals surface area contributed by atoms with Crippen molar-refractivity contribution in [2.24, 2.45) is 0 Å². The van der Waals surface area contributed by atoms with Crippen molar-refractivity contribution in [2.75, 3.05) is 58.4 Å². The van der Waals surface area contributed by atoms with E-state index in [2.05, 4.69) is 47.4 Å². The molecule has 4 rings (SSSR count). The first-order chi connectivity index (χ1) is 14.3. The third-order valence-electron chi connectivity index (χ3n) is 6.73. The lowest BCUT2D eigenvalue weighted by Crippen LogP contribution is -3.21. The standard InChI is InChI=1S/C24H33N3O2/c1-28-23-9-5-3-7-20(23)19-25-13-11-21(12-14-25)26-15-17-27(18-16-26)22-8-4-6-10-24(22)29-2/h3-10,21H,11-19H2,1-2H3/p+2. The van der Waals surface area contributed by atoms with E-state index in [0.717, 1.165) is 37.2 Å². The largest absolute Gasteiger partial charge is 0.496 e. The minimum absolute atomic E-state index is 0.816. The van der Waals surface area contributed by atoms with E-state index < -0.39 is 0 Å². The predicted octanol–water partition coefficient (Wildman–Crippen LogP) is 0.656. The highest BCUT2D eigenvalue weighted by molar-refractivity contribution is 5.58. The number of rotatable bonds is 6. The lowest BCUT2D eigenvalue weighted by Gasteiger charge is -2.40. The number of anilines is 1. The van der Waals surface area contributed by atoms with E-state index in [1.165, 1.54) is 50.3 Å². The first kappa shape index (κ1) is 20.0. The molecule has 2 fully saturated rings. The van der Waals surface area contributed by atoms with Crippen LogP contribution in [0.1, 0.15) is 18.4 Å². The fourth-order valence-electron chi connectivity index (χ4n) is 5.06. The van der Waals surface area contributed by atoms with Crippen LogP contribution in [-0.4, -0.2) is 59.5 Å². The van der Waals surface area contributed by atoms with Crippen molar-refractivity contribution in [3.05, 3.63) is 54.1 Å². The quantitative estimate of drug-likeness (QED) is 0.751. The molecule has 0 bridgehead atoms. The molecule has 2 saturated heterocycles. The van der Waals surface area contributed by atoms with Crippen LogP contribution in [0.25, 0.3) is 0 Å². The fraction of sp³-hybridized carbons (Fsp3) is 0.500. The molecular formula is C24H35N3O2+2. The number of ether oxygens (including phenoxy) is 2. The summed E-state index contributed by atoms with van der Waals surface area (Å²) in [5.74, 6) is 2.02. The van der Waals surface area contributed by atoms with Gasteiger partial charge >= 0.3 is 0 Å². The van der Waals surface area contributed by atoms with E-state index in [4.69, 9.17) is 9.47 Å². The van der Waals surface area contributed by atoms with Crippen LogP contribution < -0.4 is 24.2 Å². The maximum absolute atomic E-state index is 5.56. The Bertz CT molecular complexity index is 781. The maximum Gasteiger partial charge on any atom is 0.142 e. The summed E-state index contributed by atoms with van der Waals surface area (Å²) in [6.07, 6.45) is 2.66. The number of quaternary nitrogens is 2. The molecule has 5 heteroatoms. The van der Waals surface area contributed by atoms with Crippen molar-refractivity contribution in [3.63, 3.8) is 0 Å². The molecule has 2 N–H and O–H groups in total. The molecule has 0 spiro atoms. The highest BCUT2D eigenvalue weighted by atomic mass is 16.5. The summed E-state index contributed by atoms with van der Waals surface area (Å²) in [5.41, 5.74) is 2.58. The summed E-state index contributed by atoms with van der Waals surface area (Å²) in [4.78, 5) is 5.98. The predicted molar refractivity (Wildman–Crippen MR) is 116 cm³/mol. The van der Waals surface area contributed by atoms with Crippen LogP contribution in [0.2, 0.25) is 0 Å². The third kappa shape index (κ3) is 4.68. The second-order valence-electron chi connectivity index (χ2n) is 8.33. The Hall–Kier alpha value is -2.24. The Morgan fingerprint density at radius 3 is 2.14 bits per heavy atom. The van der Waals surface area contributed by atoms with Gasteiger partial charge in [0.1, 0.15) is 18.0 Å². The monoisotopic (exact) mass is 397 g/mol. The van der Waals surface area contributed by atoms with Gasteiger partial charge in [-0.25, -0.2) is 0 Å². The summed E-state index contributed by atoms with van der Waals surface area (Å²) < 4.78 is 11.1. The number of para-hydroxylation sites is 3. The summed E-state index contributed by atoms with van der Waals surface area (Å²) in [5, 5.41) is 0. The number of hydrogen-bond donors (Lipinski definition) is 2. The lowest BCUT2D eigenvalue weighted by atomic mass is 10.0. The van der Waals surface area contributed by atoms with Gasteiger partial charge in [-0.05, 0) is 24.3 Å². The first-order valence-electron chi connectivity index (χ1n) is 11.0. The van der Waals surface area contributed by atoms with E-state index in [1.807, 2.05) is 6.07 Å². The van der Waals surface area contributed by atoms with E-state index in [0.29, 0.717) is 0 Å². The molecule has 0 saturated carbocycles. The van der Waals surface area contributed by atoms with Crippen LogP contribution >= 0.6 is 0 Å². The summed E-state index contributed by atoms with van der Waals surface area (Å²) in [7, 11) is 3.54. The molecule has 0 amide bonds. The zero-order valence-corrected chi connectivity index (χ0v) is 17.8. The van der Waals surface area contributed by atoms with Crippen LogP contribution in [0.3, 0.4) is 0 Å². The molecule has 2 aromatic carbocycles. The van der Waals surface area contributed by atoms with Gasteiger partial charge in [0.05, 0.1) is 65.2 Å². The van der Waals surface area contributed by atoms with Crippen molar-refractivity contribution in [1.82, 2.24) is 0 Å². The van der Waals surface area contributed by atoms with Gasteiger partial charge in [0.2, 0.25) is 0 Å². The summed E-state index contributed by atoms with van der Waals surface area (Å²) >= 11 is 0. The second-order valence-corrected chi connectivity index (χ2v) is 8.33. The molecule has 29 heavy (non-hydrogen) atoms. The number of nitrogens with zero attached hydrogens (tertiary/aromatic N) is 1. The van der Waals surface area contributed by atoms with Gasteiger partial charge in [0.25, 0.3) is 0 Å². The highest BCUT2D eigenvalue weighted by Crippen LogP contribution is 2.27. The Morgan fingerprint density at radius 2 is 1.45 bits per heavy atom. The van der Waals surface area contributed by atoms with Gasteiger partial charge in [-0.2, -0.15) is 0 Å². The Labute approximate surface area is 174 Å². The number of likely N-dealkylation sites (tertiary alicyclic amines) is 1. The van der Waals surface area contributed by atoms with Gasteiger partial charge in [0, 0.05) is 18.4 Å². The Morgan fingerprint density at radius 1 is 0.828 bits per heavy atom. The van der Waals surface area contributed by atoms with Gasteiger partial charge in [-0.1, -0.05) is 24.3 Å². The number of piperazine rings is 1. The SMILES string of the molecule is COc1ccccc1C[NH+]1CCC([NH+]2CCN(c3ccccc3OC)CC2)CC1. The molecule has 0 aromatic heterocycles. The molecule has 2 aliphatic rings. The van der Waals surface area contributed by atoms with E-state index in [-0.39, 0.29) is 0 Å². The Kier molecular flexibility index (Phi) is 6.57. The van der Waals surface area contributed by atoms with Crippen LogP contribution in [0.4, 0.5) is 5.69 Å². The van der Waals surface area contributed by atoms with Crippen LogP contribution in [0.15, 0.2) is 48.5 Å². The van der Waals surface area contributed by atoms with Gasteiger partial charge in [-0.15, -0.1) is 0 Å². The smallest absolute Gasteiger partial charge is 0.142 e. The topological polar surface area (TPSA) is 30.6 Å². The van der Waals surface area contributed by atoms with Gasteiger partial charge in [-0.3, -0.25) is 0 Å². The van der Waals surface area contributed by atoms with E-state index >= 15 is 0 Å². The molecule has 5 nitrogen and oxygen atoms in total. The van der Waals surface area contributed by atoms with Crippen molar-refractivity contribution in [3.8, 4) is 11.5 Å². The molecule has 0 unspecified atom stereocenters. The third-order valence-corrected chi connectivity index (χ3v) is 6.73. The first-order valence-corrected chi connectivity index (χ1v) is 11.0. The average Bonchev–Trinajstić information content (AvgIpc) is 2.80. The normalized spacial score (nSPS) is 23.0. The zero-order valence-electron chi connectivity index (χ0n) is 17.8. The molecule has 156 valence electrons. The molecule has 2 heterocycles. The van der Waals surface area contributed by atoms with Crippen molar-refractivity contribution in [2.45, 2.75) is 25.4 Å². The van der Waals surface area contributed by atoms with Gasteiger partial charge < -0.3 is 24.2 Å². The molecule has 2 aliphatic heterocycles. The molecule has 0 radical (unpaired) electrons. The van der Waals surface area contributed by atoms with Crippen molar-refractivity contribution in [1.29, 1.82) is 0 Å². The summed E-state index contributed by atoms with van der Waals surface area (Å²) in [6, 6.07) is 17.7. The molecule has 0 aliphatic carbocycles. The van der Waals surface area contributed by atoms with Crippen molar-refractivity contribution < 1.29 is 19.3 Å². The summed E-state index contributed by atoms with van der Waals surface area (Å²) in [6.45, 7) is 8.29. The highest BCUT2D eigenvalue weighted by Gasteiger charge is 2.33. The van der Waals surface area contributed by atoms with Crippen LogP contribution in [0.5, 0.6) is 11.5 Å².